The van der Waals surface area contributed by atoms with E-state index in [0.717, 1.165) is 24.9 Å². The summed E-state index contributed by atoms with van der Waals surface area (Å²) in [4.78, 5) is 20.0. The van der Waals surface area contributed by atoms with E-state index in [9.17, 15) is 4.79 Å². The molecule has 0 aliphatic carbocycles. The Balaban J connectivity index is 1.59. The van der Waals surface area contributed by atoms with Crippen molar-refractivity contribution in [3.05, 3.63) is 30.4 Å². The molecule has 2 aromatic heterocycles. The number of hydrogen-bond acceptors (Lipinski definition) is 6. The Labute approximate surface area is 115 Å². The van der Waals surface area contributed by atoms with Gasteiger partial charge in [0.1, 0.15) is 0 Å². The Hall–Kier alpha value is -2.28. The van der Waals surface area contributed by atoms with Gasteiger partial charge in [0.05, 0.1) is 12.6 Å². The van der Waals surface area contributed by atoms with E-state index < -0.39 is 0 Å². The van der Waals surface area contributed by atoms with Gasteiger partial charge in [-0.15, -0.1) is 0 Å². The van der Waals surface area contributed by atoms with Gasteiger partial charge in [0.15, 0.2) is 0 Å². The number of carbonyl (C=O) groups excluding carboxylic acids is 1. The molecular weight excluding hydrogens is 258 g/mol. The average Bonchev–Trinajstić information content (AvgIpc) is 3.17. The first-order valence-corrected chi connectivity index (χ1v) is 6.57. The van der Waals surface area contributed by atoms with Crippen LogP contribution in [0.3, 0.4) is 0 Å². The van der Waals surface area contributed by atoms with Gasteiger partial charge >= 0.3 is 0 Å². The van der Waals surface area contributed by atoms with E-state index in [2.05, 4.69) is 25.8 Å². The van der Waals surface area contributed by atoms with E-state index in [1.165, 1.54) is 0 Å². The minimum absolute atomic E-state index is 0.0244. The highest BCUT2D eigenvalue weighted by molar-refractivity contribution is 5.81. The molecule has 0 bridgehead atoms. The highest BCUT2D eigenvalue weighted by atomic mass is 16.5. The molecule has 0 saturated carbocycles. The average molecular weight is 273 g/mol. The van der Waals surface area contributed by atoms with E-state index in [-0.39, 0.29) is 18.5 Å². The number of hydrogen-bond donors (Lipinski definition) is 2. The third-order valence-corrected chi connectivity index (χ3v) is 3.18. The number of rotatable bonds is 4. The molecule has 2 N–H and O–H groups in total. The van der Waals surface area contributed by atoms with Gasteiger partial charge in [-0.05, 0) is 31.5 Å². The molecule has 1 atom stereocenters. The Morgan fingerprint density at radius 3 is 3.25 bits per heavy atom. The van der Waals surface area contributed by atoms with Crippen molar-refractivity contribution in [2.24, 2.45) is 0 Å². The van der Waals surface area contributed by atoms with E-state index >= 15 is 0 Å². The molecule has 1 saturated heterocycles. The summed E-state index contributed by atoms with van der Waals surface area (Å²) in [5, 5.41) is 9.80. The molecule has 0 spiro atoms. The smallest absolute Gasteiger partial charge is 0.246 e. The SMILES string of the molecule is O=C(NCc1nc(-c2cccnc2)no1)C1CCCN1. The first-order valence-electron chi connectivity index (χ1n) is 6.57. The lowest BCUT2D eigenvalue weighted by Crippen LogP contribution is -2.40. The van der Waals surface area contributed by atoms with Gasteiger partial charge in [-0.3, -0.25) is 9.78 Å². The lowest BCUT2D eigenvalue weighted by molar-refractivity contribution is -0.123. The summed E-state index contributed by atoms with van der Waals surface area (Å²) in [6.07, 6.45) is 5.25. The summed E-state index contributed by atoms with van der Waals surface area (Å²) in [5.74, 6) is 0.833. The molecular formula is C13H15N5O2. The largest absolute Gasteiger partial charge is 0.346 e. The molecule has 3 heterocycles. The van der Waals surface area contributed by atoms with Crippen LogP contribution in [0, 0.1) is 0 Å². The van der Waals surface area contributed by atoms with Crippen molar-refractivity contribution in [1.82, 2.24) is 25.8 Å². The molecule has 1 aliphatic heterocycles. The normalized spacial score (nSPS) is 18.1. The summed E-state index contributed by atoms with van der Waals surface area (Å²) in [5.41, 5.74) is 0.784. The van der Waals surface area contributed by atoms with Crippen molar-refractivity contribution >= 4 is 5.91 Å². The lowest BCUT2D eigenvalue weighted by atomic mass is 10.2. The van der Waals surface area contributed by atoms with Gasteiger partial charge in [0.2, 0.25) is 17.6 Å². The number of amides is 1. The van der Waals surface area contributed by atoms with Gasteiger partial charge in [-0.25, -0.2) is 0 Å². The highest BCUT2D eigenvalue weighted by Crippen LogP contribution is 2.13. The van der Waals surface area contributed by atoms with E-state index in [0.29, 0.717) is 11.7 Å². The number of pyridine rings is 1. The van der Waals surface area contributed by atoms with E-state index in [4.69, 9.17) is 4.52 Å². The van der Waals surface area contributed by atoms with Crippen molar-refractivity contribution in [2.75, 3.05) is 6.54 Å². The molecule has 20 heavy (non-hydrogen) atoms. The van der Waals surface area contributed by atoms with Crippen LogP contribution in [0.1, 0.15) is 18.7 Å². The fraction of sp³-hybridized carbons (Fsp3) is 0.385. The molecule has 0 aromatic carbocycles. The molecule has 1 aliphatic rings. The minimum Gasteiger partial charge on any atom is -0.346 e. The second-order valence-corrected chi connectivity index (χ2v) is 4.62. The predicted molar refractivity (Wildman–Crippen MR) is 70.4 cm³/mol. The van der Waals surface area contributed by atoms with E-state index in [1.54, 1.807) is 18.5 Å². The van der Waals surface area contributed by atoms with Crippen LogP contribution >= 0.6 is 0 Å². The molecule has 3 rings (SSSR count). The molecule has 1 amide bonds. The van der Waals surface area contributed by atoms with Crippen molar-refractivity contribution in [1.29, 1.82) is 0 Å². The van der Waals surface area contributed by atoms with Crippen LogP contribution in [0.25, 0.3) is 11.4 Å². The van der Waals surface area contributed by atoms with Gasteiger partial charge in [0, 0.05) is 18.0 Å². The molecule has 2 aromatic rings. The van der Waals surface area contributed by atoms with Crippen LogP contribution < -0.4 is 10.6 Å². The van der Waals surface area contributed by atoms with Crippen molar-refractivity contribution in [2.45, 2.75) is 25.4 Å². The van der Waals surface area contributed by atoms with Gasteiger partial charge in [-0.1, -0.05) is 5.16 Å². The maximum Gasteiger partial charge on any atom is 0.246 e. The molecule has 104 valence electrons. The lowest BCUT2D eigenvalue weighted by Gasteiger charge is -2.08. The maximum absolute atomic E-state index is 11.8. The Bertz CT molecular complexity index is 577. The topological polar surface area (TPSA) is 92.9 Å². The van der Waals surface area contributed by atoms with Crippen molar-refractivity contribution in [3.63, 3.8) is 0 Å². The fourth-order valence-electron chi connectivity index (χ4n) is 2.13. The molecule has 7 nitrogen and oxygen atoms in total. The first-order chi connectivity index (χ1) is 9.83. The van der Waals surface area contributed by atoms with Crippen LogP contribution in [0.2, 0.25) is 0 Å². The van der Waals surface area contributed by atoms with Crippen LogP contribution in [0.5, 0.6) is 0 Å². The van der Waals surface area contributed by atoms with E-state index in [1.807, 2.05) is 6.07 Å². The zero-order chi connectivity index (χ0) is 13.8. The number of carbonyl (C=O) groups is 1. The van der Waals surface area contributed by atoms with Gasteiger partial charge in [-0.2, -0.15) is 4.98 Å². The third-order valence-electron chi connectivity index (χ3n) is 3.18. The number of aromatic nitrogens is 3. The highest BCUT2D eigenvalue weighted by Gasteiger charge is 2.22. The predicted octanol–water partition coefficient (Wildman–Crippen LogP) is 0.500. The summed E-state index contributed by atoms with van der Waals surface area (Å²) in [6, 6.07) is 3.55. The second-order valence-electron chi connectivity index (χ2n) is 4.62. The van der Waals surface area contributed by atoms with Crippen LogP contribution in [-0.2, 0) is 11.3 Å². The molecule has 1 fully saturated rings. The monoisotopic (exact) mass is 273 g/mol. The van der Waals surface area contributed by atoms with Crippen LogP contribution in [0.4, 0.5) is 0 Å². The second kappa shape index (κ2) is 5.79. The molecule has 7 heteroatoms. The number of nitrogens with zero attached hydrogens (tertiary/aromatic N) is 3. The van der Waals surface area contributed by atoms with Crippen molar-refractivity contribution in [3.8, 4) is 11.4 Å². The maximum atomic E-state index is 11.8. The Morgan fingerprint density at radius 1 is 1.55 bits per heavy atom. The summed E-state index contributed by atoms with van der Waals surface area (Å²) in [6.45, 7) is 1.13. The summed E-state index contributed by atoms with van der Waals surface area (Å²) < 4.78 is 5.11. The fourth-order valence-corrected chi connectivity index (χ4v) is 2.13. The van der Waals surface area contributed by atoms with Crippen LogP contribution in [0.15, 0.2) is 29.0 Å². The summed E-state index contributed by atoms with van der Waals surface area (Å²) in [7, 11) is 0. The molecule has 0 radical (unpaired) electrons. The zero-order valence-electron chi connectivity index (χ0n) is 10.9. The Morgan fingerprint density at radius 2 is 2.50 bits per heavy atom. The first kappa shape index (κ1) is 12.7. The van der Waals surface area contributed by atoms with Gasteiger partial charge < -0.3 is 15.2 Å². The molecule has 1 unspecified atom stereocenters. The van der Waals surface area contributed by atoms with Gasteiger partial charge in [0.25, 0.3) is 0 Å². The summed E-state index contributed by atoms with van der Waals surface area (Å²) >= 11 is 0. The zero-order valence-corrected chi connectivity index (χ0v) is 10.9. The standard InChI is InChI=1S/C13H15N5O2/c19-13(10-4-2-6-15-10)16-8-11-17-12(18-20-11)9-3-1-5-14-7-9/h1,3,5,7,10,15H,2,4,6,8H2,(H,16,19). The third kappa shape index (κ3) is 2.83. The quantitative estimate of drug-likeness (QED) is 0.842. The van der Waals surface area contributed by atoms with Crippen molar-refractivity contribution < 1.29 is 9.32 Å². The number of nitrogens with one attached hydrogen (secondary N) is 2. The van der Waals surface area contributed by atoms with Crippen LogP contribution in [-0.4, -0.2) is 33.6 Å². The Kier molecular flexibility index (Phi) is 3.69. The minimum atomic E-state index is -0.101.